The largest absolute Gasteiger partial charge is 0.545 e. The van der Waals surface area contributed by atoms with Crippen LogP contribution >= 0.6 is 0 Å². The third-order valence-corrected chi connectivity index (χ3v) is 1.37. The van der Waals surface area contributed by atoms with Crippen LogP contribution in [0, 0.1) is 6.92 Å². The van der Waals surface area contributed by atoms with Crippen LogP contribution in [-0.2, 0) is 7.05 Å². The highest BCUT2D eigenvalue weighted by Gasteiger charge is 1.99. The number of carboxylic acids is 1. The molecule has 0 N–H and O–H groups in total. The monoisotopic (exact) mass is 138 g/mol. The molecule has 0 aromatic carbocycles. The standard InChI is InChI=1S/C7H9NO2/c1-5-3-8(2)4-6(5)7(9)10/h3-4H,1-2H3,(H,9,10)/p-1. The molecular formula is C7H8NO2-. The first-order valence-electron chi connectivity index (χ1n) is 2.95. The summed E-state index contributed by atoms with van der Waals surface area (Å²) >= 11 is 0. The molecule has 0 aliphatic carbocycles. The first-order chi connectivity index (χ1) is 4.61. The van der Waals surface area contributed by atoms with E-state index in [-0.39, 0.29) is 5.56 Å². The van der Waals surface area contributed by atoms with Gasteiger partial charge in [-0.3, -0.25) is 0 Å². The molecule has 0 atom stereocenters. The van der Waals surface area contributed by atoms with Crippen LogP contribution in [0.15, 0.2) is 12.4 Å². The average Bonchev–Trinajstić information content (AvgIpc) is 2.10. The van der Waals surface area contributed by atoms with Crippen LogP contribution in [0.4, 0.5) is 0 Å². The van der Waals surface area contributed by atoms with Crippen molar-refractivity contribution in [3.05, 3.63) is 23.5 Å². The maximum atomic E-state index is 10.3. The number of hydrogen-bond donors (Lipinski definition) is 0. The van der Waals surface area contributed by atoms with Gasteiger partial charge in [-0.05, 0) is 12.5 Å². The molecule has 0 bridgehead atoms. The van der Waals surface area contributed by atoms with E-state index >= 15 is 0 Å². The molecule has 0 aliphatic heterocycles. The van der Waals surface area contributed by atoms with Crippen LogP contribution in [0.1, 0.15) is 15.9 Å². The zero-order chi connectivity index (χ0) is 7.72. The Morgan fingerprint density at radius 2 is 2.20 bits per heavy atom. The van der Waals surface area contributed by atoms with Crippen molar-refractivity contribution in [1.29, 1.82) is 0 Å². The van der Waals surface area contributed by atoms with Gasteiger partial charge in [-0.25, -0.2) is 0 Å². The van der Waals surface area contributed by atoms with Crippen LogP contribution in [0.25, 0.3) is 0 Å². The lowest BCUT2D eigenvalue weighted by molar-refractivity contribution is -0.255. The van der Waals surface area contributed by atoms with Crippen molar-refractivity contribution >= 4 is 5.97 Å². The van der Waals surface area contributed by atoms with Crippen molar-refractivity contribution in [3.63, 3.8) is 0 Å². The van der Waals surface area contributed by atoms with Gasteiger partial charge in [0.1, 0.15) is 0 Å². The predicted octanol–water partition coefficient (Wildman–Crippen LogP) is -0.303. The Bertz CT molecular complexity index is 263. The van der Waals surface area contributed by atoms with Gasteiger partial charge in [0, 0.05) is 25.0 Å². The van der Waals surface area contributed by atoms with Crippen molar-refractivity contribution in [3.8, 4) is 0 Å². The quantitative estimate of drug-likeness (QED) is 0.534. The summed E-state index contributed by atoms with van der Waals surface area (Å²) in [7, 11) is 1.78. The van der Waals surface area contributed by atoms with E-state index in [1.54, 1.807) is 24.7 Å². The lowest BCUT2D eigenvalue weighted by Crippen LogP contribution is -2.22. The summed E-state index contributed by atoms with van der Waals surface area (Å²) in [6, 6.07) is 0. The SMILES string of the molecule is Cc1cn(C)cc1C(=O)[O-]. The number of carboxylic acid groups (broad SMARTS) is 1. The van der Waals surface area contributed by atoms with Gasteiger partial charge in [0.2, 0.25) is 0 Å². The van der Waals surface area contributed by atoms with Crippen molar-refractivity contribution in [2.45, 2.75) is 6.92 Å². The van der Waals surface area contributed by atoms with E-state index < -0.39 is 5.97 Å². The predicted molar refractivity (Wildman–Crippen MR) is 34.5 cm³/mol. The molecule has 0 amide bonds. The van der Waals surface area contributed by atoms with Crippen LogP contribution in [-0.4, -0.2) is 10.5 Å². The van der Waals surface area contributed by atoms with Gasteiger partial charge in [-0.15, -0.1) is 0 Å². The second-order valence-corrected chi connectivity index (χ2v) is 2.31. The summed E-state index contributed by atoms with van der Waals surface area (Å²) in [5, 5.41) is 10.3. The highest BCUT2D eigenvalue weighted by molar-refractivity contribution is 5.87. The molecule has 0 radical (unpaired) electrons. The second-order valence-electron chi connectivity index (χ2n) is 2.31. The number of carbonyl (C=O) groups excluding carboxylic acids is 1. The van der Waals surface area contributed by atoms with E-state index in [1.165, 1.54) is 6.20 Å². The number of hydrogen-bond acceptors (Lipinski definition) is 2. The number of aromatic nitrogens is 1. The molecular weight excluding hydrogens is 130 g/mol. The van der Waals surface area contributed by atoms with E-state index in [9.17, 15) is 9.90 Å². The molecule has 1 aromatic rings. The van der Waals surface area contributed by atoms with Gasteiger partial charge in [-0.2, -0.15) is 0 Å². The molecule has 0 fully saturated rings. The van der Waals surface area contributed by atoms with E-state index in [0.717, 1.165) is 5.56 Å². The normalized spacial score (nSPS) is 9.80. The maximum Gasteiger partial charge on any atom is 0.0733 e. The van der Waals surface area contributed by atoms with Gasteiger partial charge in [-0.1, -0.05) is 0 Å². The molecule has 3 heteroatoms. The number of aromatic carboxylic acids is 1. The van der Waals surface area contributed by atoms with Crippen molar-refractivity contribution < 1.29 is 9.90 Å². The molecule has 3 nitrogen and oxygen atoms in total. The summed E-state index contributed by atoms with van der Waals surface area (Å²) in [4.78, 5) is 10.3. The molecule has 0 saturated carbocycles. The number of rotatable bonds is 1. The molecule has 0 unspecified atom stereocenters. The number of carbonyl (C=O) groups is 1. The van der Waals surface area contributed by atoms with Gasteiger partial charge in [0.25, 0.3) is 0 Å². The van der Waals surface area contributed by atoms with Crippen molar-refractivity contribution in [1.82, 2.24) is 4.57 Å². The van der Waals surface area contributed by atoms with Crippen molar-refractivity contribution in [2.24, 2.45) is 7.05 Å². The first-order valence-corrected chi connectivity index (χ1v) is 2.95. The van der Waals surface area contributed by atoms with E-state index in [0.29, 0.717) is 0 Å². The van der Waals surface area contributed by atoms with E-state index in [2.05, 4.69) is 0 Å². The van der Waals surface area contributed by atoms with Crippen LogP contribution < -0.4 is 5.11 Å². The number of nitrogens with zero attached hydrogens (tertiary/aromatic N) is 1. The third-order valence-electron chi connectivity index (χ3n) is 1.37. The Kier molecular flexibility index (Phi) is 1.49. The van der Waals surface area contributed by atoms with Gasteiger partial charge in [0.15, 0.2) is 0 Å². The summed E-state index contributed by atoms with van der Waals surface area (Å²) in [5.41, 5.74) is 1.00. The smallest absolute Gasteiger partial charge is 0.0733 e. The minimum Gasteiger partial charge on any atom is -0.545 e. The molecule has 10 heavy (non-hydrogen) atoms. The Labute approximate surface area is 58.9 Å². The molecule has 0 spiro atoms. The number of aryl methyl sites for hydroxylation is 2. The van der Waals surface area contributed by atoms with Gasteiger partial charge in [0.05, 0.1) is 5.97 Å². The Morgan fingerprint density at radius 3 is 2.40 bits per heavy atom. The van der Waals surface area contributed by atoms with Crippen LogP contribution in [0.2, 0.25) is 0 Å². The molecule has 1 aromatic heterocycles. The van der Waals surface area contributed by atoms with E-state index in [1.807, 2.05) is 0 Å². The third kappa shape index (κ3) is 1.03. The fourth-order valence-corrected chi connectivity index (χ4v) is 0.931. The van der Waals surface area contributed by atoms with Crippen molar-refractivity contribution in [2.75, 3.05) is 0 Å². The van der Waals surface area contributed by atoms with Crippen LogP contribution in [0.5, 0.6) is 0 Å². The Hall–Kier alpha value is -1.25. The zero-order valence-corrected chi connectivity index (χ0v) is 5.92. The zero-order valence-electron chi connectivity index (χ0n) is 5.92. The topological polar surface area (TPSA) is 45.1 Å². The lowest BCUT2D eigenvalue weighted by Gasteiger charge is -1.97. The van der Waals surface area contributed by atoms with E-state index in [4.69, 9.17) is 0 Å². The first kappa shape index (κ1) is 6.86. The highest BCUT2D eigenvalue weighted by Crippen LogP contribution is 2.05. The average molecular weight is 138 g/mol. The fraction of sp³-hybridized carbons (Fsp3) is 0.286. The summed E-state index contributed by atoms with van der Waals surface area (Å²) in [5.74, 6) is -1.11. The minimum absolute atomic E-state index is 0.266. The second kappa shape index (κ2) is 2.17. The van der Waals surface area contributed by atoms with Crippen LogP contribution in [0.3, 0.4) is 0 Å². The summed E-state index contributed by atoms with van der Waals surface area (Å²) in [6.07, 6.45) is 3.27. The Morgan fingerprint density at radius 1 is 1.60 bits per heavy atom. The summed E-state index contributed by atoms with van der Waals surface area (Å²) in [6.45, 7) is 1.74. The fourth-order valence-electron chi connectivity index (χ4n) is 0.931. The van der Waals surface area contributed by atoms with Gasteiger partial charge >= 0.3 is 0 Å². The highest BCUT2D eigenvalue weighted by atomic mass is 16.4. The molecule has 1 rings (SSSR count). The molecule has 1 heterocycles. The maximum absolute atomic E-state index is 10.3. The lowest BCUT2D eigenvalue weighted by atomic mass is 10.2. The Balaban J connectivity index is 3.15. The molecule has 54 valence electrons. The van der Waals surface area contributed by atoms with Gasteiger partial charge < -0.3 is 14.5 Å². The minimum atomic E-state index is -1.11. The molecule has 0 aliphatic rings. The molecule has 0 saturated heterocycles. The summed E-state index contributed by atoms with van der Waals surface area (Å²) < 4.78 is 1.69.